The van der Waals surface area contributed by atoms with Gasteiger partial charge in [-0.05, 0) is 55.7 Å². The lowest BCUT2D eigenvalue weighted by Gasteiger charge is -2.22. The molecule has 0 atom stereocenters. The summed E-state index contributed by atoms with van der Waals surface area (Å²) in [6.45, 7) is 2.04. The van der Waals surface area contributed by atoms with Crippen LogP contribution in [0, 0.1) is 6.92 Å². The summed E-state index contributed by atoms with van der Waals surface area (Å²) in [7, 11) is 1.56. The molecule has 0 aliphatic heterocycles. The summed E-state index contributed by atoms with van der Waals surface area (Å²) in [5.41, 5.74) is 1.70. The van der Waals surface area contributed by atoms with Gasteiger partial charge < -0.3 is 10.2 Å². The highest BCUT2D eigenvalue weighted by atomic mass is 19.4. The molecular formula is C24H23F3N4O2. The molecule has 1 aromatic heterocycles. The standard InChI is InChI=1S/C24H23F3N4O2/c1-15-21(13-29-31(15)20-5-3-4-18(12-20)24(25,26)27)23(33)30(19-10-11-19)14-16-6-8-17(9-7-16)22(32)28-2/h3-9,12-13,19H,10-11,14H2,1-2H3,(H,28,32). The third-order valence-corrected chi connectivity index (χ3v) is 5.70. The monoisotopic (exact) mass is 456 g/mol. The van der Waals surface area contributed by atoms with Crippen LogP contribution in [-0.4, -0.2) is 39.6 Å². The van der Waals surface area contributed by atoms with E-state index in [1.54, 1.807) is 31.0 Å². The molecule has 0 bridgehead atoms. The first-order valence-electron chi connectivity index (χ1n) is 10.5. The van der Waals surface area contributed by atoms with Crippen molar-refractivity contribution in [1.29, 1.82) is 0 Å². The van der Waals surface area contributed by atoms with Crippen molar-refractivity contribution in [3.05, 3.63) is 82.7 Å². The van der Waals surface area contributed by atoms with Crippen molar-refractivity contribution in [3.8, 4) is 5.69 Å². The van der Waals surface area contributed by atoms with E-state index in [2.05, 4.69) is 10.4 Å². The number of benzene rings is 2. The predicted octanol–water partition coefficient (Wildman–Crippen LogP) is 4.36. The number of hydrogen-bond acceptors (Lipinski definition) is 3. The summed E-state index contributed by atoms with van der Waals surface area (Å²) in [6.07, 6.45) is -1.28. The molecule has 172 valence electrons. The molecule has 1 N–H and O–H groups in total. The number of rotatable bonds is 6. The maximum absolute atomic E-state index is 13.4. The van der Waals surface area contributed by atoms with Crippen molar-refractivity contribution in [2.24, 2.45) is 0 Å². The van der Waals surface area contributed by atoms with E-state index in [1.165, 1.54) is 23.0 Å². The van der Waals surface area contributed by atoms with Gasteiger partial charge >= 0.3 is 6.18 Å². The first-order valence-corrected chi connectivity index (χ1v) is 10.5. The highest BCUT2D eigenvalue weighted by Gasteiger charge is 2.35. The van der Waals surface area contributed by atoms with Crippen molar-refractivity contribution >= 4 is 11.8 Å². The van der Waals surface area contributed by atoms with Crippen LogP contribution in [0.25, 0.3) is 5.69 Å². The Morgan fingerprint density at radius 2 is 1.85 bits per heavy atom. The highest BCUT2D eigenvalue weighted by Crippen LogP contribution is 2.32. The summed E-state index contributed by atoms with van der Waals surface area (Å²) in [5.74, 6) is -0.405. The minimum Gasteiger partial charge on any atom is -0.355 e. The minimum atomic E-state index is -4.47. The quantitative estimate of drug-likeness (QED) is 0.599. The van der Waals surface area contributed by atoms with Crippen LogP contribution in [0.5, 0.6) is 0 Å². The number of halogens is 3. The van der Waals surface area contributed by atoms with Gasteiger partial charge in [0.2, 0.25) is 0 Å². The zero-order valence-corrected chi connectivity index (χ0v) is 18.2. The van der Waals surface area contributed by atoms with E-state index in [4.69, 9.17) is 0 Å². The molecule has 1 fully saturated rings. The van der Waals surface area contributed by atoms with Crippen LogP contribution in [0.2, 0.25) is 0 Å². The Hall–Kier alpha value is -3.62. The molecule has 2 amide bonds. The zero-order valence-electron chi connectivity index (χ0n) is 18.2. The van der Waals surface area contributed by atoms with Gasteiger partial charge in [0, 0.05) is 25.2 Å². The summed E-state index contributed by atoms with van der Waals surface area (Å²) in [6, 6.07) is 12.0. The van der Waals surface area contributed by atoms with Crippen molar-refractivity contribution in [2.75, 3.05) is 7.05 Å². The van der Waals surface area contributed by atoms with Gasteiger partial charge in [0.15, 0.2) is 0 Å². The Morgan fingerprint density at radius 1 is 1.15 bits per heavy atom. The van der Waals surface area contributed by atoms with Crippen LogP contribution >= 0.6 is 0 Å². The number of carbonyl (C=O) groups excluding carboxylic acids is 2. The van der Waals surface area contributed by atoms with Gasteiger partial charge in [-0.15, -0.1) is 0 Å². The largest absolute Gasteiger partial charge is 0.416 e. The fraction of sp³-hybridized carbons (Fsp3) is 0.292. The molecule has 33 heavy (non-hydrogen) atoms. The zero-order chi connectivity index (χ0) is 23.8. The van der Waals surface area contributed by atoms with Gasteiger partial charge in [-0.3, -0.25) is 9.59 Å². The molecule has 1 aliphatic carbocycles. The van der Waals surface area contributed by atoms with Crippen LogP contribution in [0.1, 0.15) is 50.4 Å². The second kappa shape index (κ2) is 8.73. The topological polar surface area (TPSA) is 67.2 Å². The lowest BCUT2D eigenvalue weighted by Crippen LogP contribution is -2.33. The summed E-state index contributed by atoms with van der Waals surface area (Å²) < 4.78 is 40.7. The molecule has 4 rings (SSSR count). The highest BCUT2D eigenvalue weighted by molar-refractivity contribution is 5.96. The van der Waals surface area contributed by atoms with Crippen LogP contribution in [-0.2, 0) is 12.7 Å². The number of alkyl halides is 3. The van der Waals surface area contributed by atoms with Crippen LogP contribution in [0.15, 0.2) is 54.7 Å². The van der Waals surface area contributed by atoms with Crippen LogP contribution in [0.4, 0.5) is 13.2 Å². The Kier molecular flexibility index (Phi) is 5.97. The lowest BCUT2D eigenvalue weighted by atomic mass is 10.1. The third-order valence-electron chi connectivity index (χ3n) is 5.70. The molecule has 0 saturated heterocycles. The minimum absolute atomic E-state index is 0.104. The number of nitrogens with one attached hydrogen (secondary N) is 1. The van der Waals surface area contributed by atoms with Gasteiger partial charge in [-0.25, -0.2) is 4.68 Å². The number of carbonyl (C=O) groups is 2. The van der Waals surface area contributed by atoms with Gasteiger partial charge in [0.1, 0.15) is 0 Å². The van der Waals surface area contributed by atoms with E-state index in [0.717, 1.165) is 30.5 Å². The Morgan fingerprint density at radius 3 is 2.45 bits per heavy atom. The number of amides is 2. The smallest absolute Gasteiger partial charge is 0.355 e. The molecule has 9 heteroatoms. The molecule has 0 spiro atoms. The van der Waals surface area contributed by atoms with Gasteiger partial charge in [0.25, 0.3) is 11.8 Å². The van der Waals surface area contributed by atoms with Crippen LogP contribution in [0.3, 0.4) is 0 Å². The first kappa shape index (κ1) is 22.6. The SMILES string of the molecule is CNC(=O)c1ccc(CN(C(=O)c2cnn(-c3cccc(C(F)(F)F)c3)c2C)C2CC2)cc1. The number of nitrogens with zero attached hydrogens (tertiary/aromatic N) is 3. The normalized spacial score (nSPS) is 13.6. The summed E-state index contributed by atoms with van der Waals surface area (Å²) in [4.78, 5) is 26.9. The van der Waals surface area contributed by atoms with Gasteiger partial charge in [0.05, 0.1) is 28.7 Å². The third kappa shape index (κ3) is 4.76. The number of hydrogen-bond donors (Lipinski definition) is 1. The molecule has 1 saturated carbocycles. The Bertz CT molecular complexity index is 1180. The maximum atomic E-state index is 13.4. The number of aromatic nitrogens is 2. The average Bonchev–Trinajstić information content (AvgIpc) is 3.57. The second-order valence-corrected chi connectivity index (χ2v) is 8.04. The first-order chi connectivity index (χ1) is 15.7. The van der Waals surface area contributed by atoms with Crippen molar-refractivity contribution in [1.82, 2.24) is 20.0 Å². The average molecular weight is 456 g/mol. The van der Waals surface area contributed by atoms with Gasteiger partial charge in [-0.1, -0.05) is 18.2 Å². The predicted molar refractivity (Wildman–Crippen MR) is 116 cm³/mol. The second-order valence-electron chi connectivity index (χ2n) is 8.04. The lowest BCUT2D eigenvalue weighted by molar-refractivity contribution is -0.137. The molecule has 2 aromatic carbocycles. The fourth-order valence-corrected chi connectivity index (χ4v) is 3.70. The van der Waals surface area contributed by atoms with Gasteiger partial charge in [-0.2, -0.15) is 18.3 Å². The van der Waals surface area contributed by atoms with E-state index in [-0.39, 0.29) is 23.5 Å². The molecule has 1 aliphatic rings. The maximum Gasteiger partial charge on any atom is 0.416 e. The van der Waals surface area contributed by atoms with E-state index in [1.807, 2.05) is 12.1 Å². The van der Waals surface area contributed by atoms with Crippen molar-refractivity contribution in [3.63, 3.8) is 0 Å². The van der Waals surface area contributed by atoms with E-state index in [0.29, 0.717) is 23.4 Å². The van der Waals surface area contributed by atoms with E-state index in [9.17, 15) is 22.8 Å². The Balaban J connectivity index is 1.58. The molecule has 6 nitrogen and oxygen atoms in total. The molecule has 0 radical (unpaired) electrons. The van der Waals surface area contributed by atoms with Crippen molar-refractivity contribution in [2.45, 2.75) is 38.5 Å². The van der Waals surface area contributed by atoms with E-state index >= 15 is 0 Å². The molecule has 0 unspecified atom stereocenters. The summed E-state index contributed by atoms with van der Waals surface area (Å²) >= 11 is 0. The molecular weight excluding hydrogens is 433 g/mol. The van der Waals surface area contributed by atoms with Crippen molar-refractivity contribution < 1.29 is 22.8 Å². The Labute approximate surface area is 189 Å². The molecule has 3 aromatic rings. The molecule has 1 heterocycles. The fourth-order valence-electron chi connectivity index (χ4n) is 3.70. The van der Waals surface area contributed by atoms with E-state index < -0.39 is 11.7 Å². The van der Waals surface area contributed by atoms with Crippen LogP contribution < -0.4 is 5.32 Å². The summed E-state index contributed by atoms with van der Waals surface area (Å²) in [5, 5.41) is 6.77.